The Morgan fingerprint density at radius 3 is 2.10 bits per heavy atom. The minimum Gasteiger partial charge on any atom is -0.296 e. The Labute approximate surface area is 274 Å². The van der Waals surface area contributed by atoms with Crippen LogP contribution in [0.2, 0.25) is 0 Å². The fourth-order valence-corrected chi connectivity index (χ4v) is 7.97. The van der Waals surface area contributed by atoms with Gasteiger partial charge in [0.25, 0.3) is 6.71 Å². The van der Waals surface area contributed by atoms with Crippen LogP contribution < -0.4 is 21.3 Å². The minimum absolute atomic E-state index is 0.0397. The van der Waals surface area contributed by atoms with Gasteiger partial charge in [-0.2, -0.15) is 0 Å². The van der Waals surface area contributed by atoms with Crippen molar-refractivity contribution in [1.29, 1.82) is 0 Å². The summed E-state index contributed by atoms with van der Waals surface area (Å²) in [5.74, 6) is 1.59. The van der Waals surface area contributed by atoms with E-state index in [2.05, 4.69) is 105 Å². The Morgan fingerprint density at radius 1 is 0.542 bits per heavy atom. The van der Waals surface area contributed by atoms with Gasteiger partial charge in [-0.25, -0.2) is 19.9 Å². The minimum atomic E-state index is -0.0397. The van der Waals surface area contributed by atoms with Crippen molar-refractivity contribution >= 4 is 73.4 Å². The number of hydrogen-bond acceptors (Lipinski definition) is 6. The predicted octanol–water partition coefficient (Wildman–Crippen LogP) is 5.98. The maximum absolute atomic E-state index is 5.04. The average Bonchev–Trinajstić information content (AvgIpc) is 3.68. The van der Waals surface area contributed by atoms with Gasteiger partial charge in [0.05, 0.1) is 10.9 Å². The lowest BCUT2D eigenvalue weighted by Gasteiger charge is -2.39. The van der Waals surface area contributed by atoms with Gasteiger partial charge in [-0.3, -0.25) is 19.0 Å². The van der Waals surface area contributed by atoms with Gasteiger partial charge >= 0.3 is 0 Å². The molecule has 7 heterocycles. The van der Waals surface area contributed by atoms with Crippen molar-refractivity contribution in [3.63, 3.8) is 0 Å². The molecule has 2 aliphatic rings. The summed E-state index contributed by atoms with van der Waals surface area (Å²) in [4.78, 5) is 26.6. The van der Waals surface area contributed by atoms with Gasteiger partial charge in [-0.1, -0.05) is 60.7 Å². The summed E-state index contributed by atoms with van der Waals surface area (Å²) in [6.45, 7) is -0.0397. The van der Waals surface area contributed by atoms with Crippen LogP contribution in [0.5, 0.6) is 0 Å². The number of pyridine rings is 1. The van der Waals surface area contributed by atoms with Crippen LogP contribution in [0.4, 0.5) is 17.2 Å². The second-order valence-corrected chi connectivity index (χ2v) is 12.2. The molecule has 2 aliphatic heterocycles. The fourth-order valence-electron chi connectivity index (χ4n) is 7.97. The molecule has 4 aromatic carbocycles. The third-order valence-corrected chi connectivity index (χ3v) is 9.75. The Kier molecular flexibility index (Phi) is 5.04. The largest absolute Gasteiger partial charge is 0.296 e. The van der Waals surface area contributed by atoms with Gasteiger partial charge in [-0.15, -0.1) is 0 Å². The maximum atomic E-state index is 5.04. The summed E-state index contributed by atoms with van der Waals surface area (Å²) in [5, 5.41) is 2.23. The Balaban J connectivity index is 1.38. The first-order valence-corrected chi connectivity index (χ1v) is 16.0. The van der Waals surface area contributed by atoms with Crippen LogP contribution in [0.1, 0.15) is 0 Å². The summed E-state index contributed by atoms with van der Waals surface area (Å²) in [7, 11) is 0. The number of benzene rings is 4. The van der Waals surface area contributed by atoms with Gasteiger partial charge in [0, 0.05) is 64.7 Å². The molecule has 0 amide bonds. The van der Waals surface area contributed by atoms with Crippen molar-refractivity contribution in [2.24, 2.45) is 0 Å². The molecule has 222 valence electrons. The van der Waals surface area contributed by atoms with Crippen LogP contribution >= 0.6 is 0 Å². The zero-order valence-corrected chi connectivity index (χ0v) is 25.4. The quantitative estimate of drug-likeness (QED) is 0.228. The number of nitrogens with zero attached hydrogens (tertiary/aromatic N) is 8. The zero-order chi connectivity index (χ0) is 31.3. The van der Waals surface area contributed by atoms with Crippen molar-refractivity contribution in [1.82, 2.24) is 34.1 Å². The Hall–Kier alpha value is -6.61. The molecule has 0 aliphatic carbocycles. The summed E-state index contributed by atoms with van der Waals surface area (Å²) >= 11 is 0. The standard InChI is InChI=1S/C39H23BN8/c1-3-10-25(11-4-1)46-30-22-24(36-42-18-9-19-43-36)23-31-33(30)40(29-16-8-17-44-37(29)46)28-15-7-14-27-32-34-38(45-21-20-41-34)47(26-12-5-2-6-13-26)39(32)48(31)35(27)28/h1-23H. The predicted molar refractivity (Wildman–Crippen MR) is 191 cm³/mol. The lowest BCUT2D eigenvalue weighted by atomic mass is 9.34. The van der Waals surface area contributed by atoms with Crippen molar-refractivity contribution in [2.75, 3.05) is 4.90 Å². The van der Waals surface area contributed by atoms with E-state index in [-0.39, 0.29) is 6.71 Å². The third-order valence-electron chi connectivity index (χ3n) is 9.75. The molecule has 0 N–H and O–H groups in total. The van der Waals surface area contributed by atoms with Crippen molar-refractivity contribution in [3.8, 4) is 22.8 Å². The number of anilines is 3. The first-order chi connectivity index (χ1) is 23.9. The van der Waals surface area contributed by atoms with Crippen molar-refractivity contribution in [3.05, 3.63) is 140 Å². The Bertz CT molecular complexity index is 2740. The van der Waals surface area contributed by atoms with E-state index in [0.29, 0.717) is 5.82 Å². The number of aromatic nitrogens is 7. The van der Waals surface area contributed by atoms with Gasteiger partial charge < -0.3 is 0 Å². The first-order valence-electron chi connectivity index (χ1n) is 16.0. The SMILES string of the molecule is c1ccc(N2c3cc(-c4ncccn4)cc4c3B(c3cccnc32)c2cccc3c5c6nccnc6n(-c6ccccc6)c5n-4c23)cc1. The molecule has 0 atom stereocenters. The molecular formula is C39H23BN8. The number of rotatable bonds is 3. The second kappa shape index (κ2) is 9.46. The molecule has 9 heteroatoms. The molecule has 0 spiro atoms. The smallest absolute Gasteiger partial charge is 0.254 e. The van der Waals surface area contributed by atoms with Crippen molar-refractivity contribution in [2.45, 2.75) is 0 Å². The molecule has 5 aromatic heterocycles. The summed E-state index contributed by atoms with van der Waals surface area (Å²) in [6.07, 6.45) is 9.05. The highest BCUT2D eigenvalue weighted by molar-refractivity contribution is 7.00. The van der Waals surface area contributed by atoms with E-state index in [9.17, 15) is 0 Å². The molecular weight excluding hydrogens is 591 g/mol. The van der Waals surface area contributed by atoms with Gasteiger partial charge in [0.1, 0.15) is 17.0 Å². The molecule has 0 saturated heterocycles. The molecule has 0 unspecified atom stereocenters. The molecule has 0 fully saturated rings. The maximum Gasteiger partial charge on any atom is 0.254 e. The Morgan fingerprint density at radius 2 is 1.27 bits per heavy atom. The fraction of sp³-hybridized carbons (Fsp3) is 0. The second-order valence-electron chi connectivity index (χ2n) is 12.2. The van der Waals surface area contributed by atoms with E-state index in [0.717, 1.165) is 67.2 Å². The van der Waals surface area contributed by atoms with Gasteiger partial charge in [0.15, 0.2) is 11.5 Å². The monoisotopic (exact) mass is 614 g/mol. The highest BCUT2D eigenvalue weighted by Crippen LogP contribution is 2.44. The molecule has 48 heavy (non-hydrogen) atoms. The number of fused-ring (bicyclic) bond motifs is 9. The van der Waals surface area contributed by atoms with Gasteiger partial charge in [-0.05, 0) is 64.9 Å². The van der Waals surface area contributed by atoms with E-state index in [1.165, 1.54) is 16.4 Å². The molecule has 0 bridgehead atoms. The summed E-state index contributed by atoms with van der Waals surface area (Å²) < 4.78 is 4.69. The van der Waals surface area contributed by atoms with Crippen LogP contribution in [-0.2, 0) is 0 Å². The van der Waals surface area contributed by atoms with Crippen LogP contribution in [0.25, 0.3) is 55.9 Å². The van der Waals surface area contributed by atoms with Crippen LogP contribution in [0.3, 0.4) is 0 Å². The summed E-state index contributed by atoms with van der Waals surface area (Å²) in [6, 6.07) is 38.2. The van der Waals surface area contributed by atoms with E-state index in [1.807, 2.05) is 24.4 Å². The van der Waals surface area contributed by atoms with E-state index in [4.69, 9.17) is 24.9 Å². The van der Waals surface area contributed by atoms with Crippen molar-refractivity contribution < 1.29 is 0 Å². The normalized spacial score (nSPS) is 12.9. The van der Waals surface area contributed by atoms with E-state index >= 15 is 0 Å². The molecule has 8 nitrogen and oxygen atoms in total. The van der Waals surface area contributed by atoms with E-state index in [1.54, 1.807) is 24.8 Å². The topological polar surface area (TPSA) is 77.6 Å². The molecule has 0 radical (unpaired) electrons. The van der Waals surface area contributed by atoms with E-state index < -0.39 is 0 Å². The third kappa shape index (κ3) is 3.26. The lowest BCUT2D eigenvalue weighted by molar-refractivity contribution is 1.05. The summed E-state index contributed by atoms with van der Waals surface area (Å²) in [5.41, 5.74) is 12.6. The highest BCUT2D eigenvalue weighted by Gasteiger charge is 2.43. The number of para-hydroxylation sites is 3. The van der Waals surface area contributed by atoms with Crippen LogP contribution in [-0.4, -0.2) is 40.8 Å². The zero-order valence-electron chi connectivity index (χ0n) is 25.4. The average molecular weight is 614 g/mol. The molecule has 0 saturated carbocycles. The molecule has 9 aromatic rings. The van der Waals surface area contributed by atoms with Crippen LogP contribution in [0.15, 0.2) is 140 Å². The number of hydrogen-bond donors (Lipinski definition) is 0. The molecule has 11 rings (SSSR count). The first kappa shape index (κ1) is 25.6. The highest BCUT2D eigenvalue weighted by atomic mass is 15.2. The van der Waals surface area contributed by atoms with Crippen LogP contribution in [0, 0.1) is 0 Å². The lowest BCUT2D eigenvalue weighted by Crippen LogP contribution is -2.60. The van der Waals surface area contributed by atoms with Gasteiger partial charge in [0.2, 0.25) is 0 Å².